The largest absolute Gasteiger partial charge is 0.497 e. The summed E-state index contributed by atoms with van der Waals surface area (Å²) in [6.45, 7) is 7.82. The summed E-state index contributed by atoms with van der Waals surface area (Å²) in [6.07, 6.45) is 2.79. The first-order valence-electron chi connectivity index (χ1n) is 13.1. The smallest absolute Gasteiger partial charge is 0.358 e. The maximum Gasteiger partial charge on any atom is 0.358 e. The van der Waals surface area contributed by atoms with Crippen molar-refractivity contribution in [2.24, 2.45) is 0 Å². The molecule has 0 spiro atoms. The highest BCUT2D eigenvalue weighted by Crippen LogP contribution is 2.44. The monoisotopic (exact) mass is 598 g/mol. The molecule has 4 aromatic rings. The number of methoxy groups -OCH3 is 1. The van der Waals surface area contributed by atoms with Crippen LogP contribution in [0.3, 0.4) is 0 Å². The molecule has 0 radical (unpaired) electrons. The van der Waals surface area contributed by atoms with Crippen LogP contribution in [0.1, 0.15) is 25.0 Å². The number of thiophene rings is 1. The van der Waals surface area contributed by atoms with Crippen molar-refractivity contribution in [1.82, 2.24) is 9.97 Å². The highest BCUT2D eigenvalue weighted by atomic mass is 32.2. The number of aromatic amines is 1. The van der Waals surface area contributed by atoms with Crippen LogP contribution in [0.25, 0.3) is 20.4 Å². The zero-order valence-electron chi connectivity index (χ0n) is 23.0. The van der Waals surface area contributed by atoms with Gasteiger partial charge < -0.3 is 24.4 Å². The molecule has 210 valence electrons. The Labute approximate surface area is 245 Å². The van der Waals surface area contributed by atoms with Gasteiger partial charge in [0.15, 0.2) is 5.03 Å². The molecular weight excluding hydrogens is 567 g/mol. The lowest BCUT2D eigenvalue weighted by molar-refractivity contribution is -0.475. The Bertz CT molecular complexity index is 1570. The number of nitrogens with zero attached hydrogens (tertiary/aromatic N) is 3. The number of rotatable bonds is 7. The lowest BCUT2D eigenvalue weighted by Gasteiger charge is -2.36. The van der Waals surface area contributed by atoms with Gasteiger partial charge >= 0.3 is 5.16 Å². The van der Waals surface area contributed by atoms with Crippen molar-refractivity contribution in [3.63, 3.8) is 0 Å². The SMILES string of the molecule is COc1ccc(NC(=O)CSc2[nH+]c(SC)nc3c2sc2nc(N4CCOCC4)c4c(c23)CC(C)(C)OC4)cc1. The fourth-order valence-corrected chi connectivity index (χ4v) is 7.62. The van der Waals surface area contributed by atoms with E-state index in [-0.39, 0.29) is 17.3 Å². The van der Waals surface area contributed by atoms with Crippen LogP contribution in [0.2, 0.25) is 0 Å². The van der Waals surface area contributed by atoms with Gasteiger partial charge in [0.1, 0.15) is 21.1 Å². The lowest BCUT2D eigenvalue weighted by atomic mass is 9.90. The minimum absolute atomic E-state index is 0.0793. The number of carbonyl (C=O) groups is 1. The first kappa shape index (κ1) is 27.5. The van der Waals surface area contributed by atoms with Gasteiger partial charge in [-0.1, -0.05) is 11.8 Å². The highest BCUT2D eigenvalue weighted by molar-refractivity contribution is 8.00. The van der Waals surface area contributed by atoms with Gasteiger partial charge in [0.25, 0.3) is 0 Å². The molecule has 6 rings (SSSR count). The molecule has 0 aliphatic carbocycles. The maximum absolute atomic E-state index is 12.8. The minimum atomic E-state index is -0.280. The van der Waals surface area contributed by atoms with E-state index in [4.69, 9.17) is 24.2 Å². The summed E-state index contributed by atoms with van der Waals surface area (Å²) in [6, 6.07) is 7.33. The molecule has 0 bridgehead atoms. The summed E-state index contributed by atoms with van der Waals surface area (Å²) in [5.41, 5.74) is 3.82. The highest BCUT2D eigenvalue weighted by Gasteiger charge is 2.35. The molecule has 1 fully saturated rings. The standard InChI is InChI=1S/C28H31N5O4S3/c1-28(2)13-18-19(14-37-28)24(33-9-11-36-12-10-33)31-25-21(18)22-23(40-25)26(32-27(30-22)38-4)39-15-20(34)29-16-5-7-17(35-3)8-6-16/h5-8H,9-15H2,1-4H3,(H,29,34)/p+1. The average molecular weight is 599 g/mol. The minimum Gasteiger partial charge on any atom is -0.497 e. The zero-order chi connectivity index (χ0) is 27.9. The van der Waals surface area contributed by atoms with E-state index in [1.54, 1.807) is 30.2 Å². The van der Waals surface area contributed by atoms with Gasteiger partial charge in [-0.05, 0) is 66.7 Å². The molecular formula is C28H32N5O4S3+. The van der Waals surface area contributed by atoms with Crippen molar-refractivity contribution in [2.75, 3.05) is 55.6 Å². The van der Waals surface area contributed by atoms with Crippen LogP contribution < -0.4 is 19.9 Å². The summed E-state index contributed by atoms with van der Waals surface area (Å²) >= 11 is 4.68. The molecule has 0 saturated carbocycles. The van der Waals surface area contributed by atoms with E-state index >= 15 is 0 Å². The molecule has 0 atom stereocenters. The molecule has 1 saturated heterocycles. The van der Waals surface area contributed by atoms with Crippen molar-refractivity contribution in [2.45, 2.75) is 42.7 Å². The molecule has 40 heavy (non-hydrogen) atoms. The summed E-state index contributed by atoms with van der Waals surface area (Å²) in [7, 11) is 1.62. The number of fused-ring (bicyclic) bond motifs is 5. The van der Waals surface area contributed by atoms with Gasteiger partial charge in [-0.3, -0.25) is 4.79 Å². The number of morpholine rings is 1. The Kier molecular flexibility index (Phi) is 7.79. The van der Waals surface area contributed by atoms with E-state index in [2.05, 4.69) is 29.0 Å². The fraction of sp³-hybridized carbons (Fsp3) is 0.429. The maximum atomic E-state index is 12.8. The topological polar surface area (TPSA) is 100.0 Å². The molecule has 12 heteroatoms. The summed E-state index contributed by atoms with van der Waals surface area (Å²) in [5.74, 6) is 1.92. The first-order chi connectivity index (χ1) is 19.3. The fourth-order valence-electron chi connectivity index (χ4n) is 5.09. The van der Waals surface area contributed by atoms with Crippen LogP contribution >= 0.6 is 34.9 Å². The van der Waals surface area contributed by atoms with Gasteiger partial charge in [0, 0.05) is 30.8 Å². The number of ether oxygens (including phenoxy) is 3. The molecule has 1 aromatic carbocycles. The molecule has 3 aromatic heterocycles. The van der Waals surface area contributed by atoms with Crippen LogP contribution in [0.15, 0.2) is 34.4 Å². The zero-order valence-corrected chi connectivity index (χ0v) is 25.4. The third-order valence-corrected chi connectivity index (χ3v) is 9.88. The Morgan fingerprint density at radius 3 is 2.70 bits per heavy atom. The van der Waals surface area contributed by atoms with E-state index in [1.165, 1.54) is 17.3 Å². The van der Waals surface area contributed by atoms with Crippen LogP contribution in [0.5, 0.6) is 5.75 Å². The second-order valence-corrected chi connectivity index (χ2v) is 13.1. The van der Waals surface area contributed by atoms with Crippen molar-refractivity contribution in [3.8, 4) is 5.75 Å². The average Bonchev–Trinajstić information content (AvgIpc) is 3.34. The van der Waals surface area contributed by atoms with Crippen LogP contribution in [-0.2, 0) is 27.3 Å². The van der Waals surface area contributed by atoms with Gasteiger partial charge in [-0.25, -0.2) is 9.97 Å². The number of thioether (sulfide) groups is 2. The number of nitrogens with one attached hydrogen (secondary N) is 2. The third kappa shape index (κ3) is 5.47. The number of hydrogen-bond acceptors (Lipinski definition) is 10. The number of anilines is 2. The predicted octanol–water partition coefficient (Wildman–Crippen LogP) is 4.81. The number of amides is 1. The van der Waals surface area contributed by atoms with E-state index in [1.807, 2.05) is 30.5 Å². The van der Waals surface area contributed by atoms with E-state index in [0.717, 1.165) is 72.9 Å². The lowest BCUT2D eigenvalue weighted by Crippen LogP contribution is -2.39. The van der Waals surface area contributed by atoms with Crippen molar-refractivity contribution >= 4 is 72.7 Å². The van der Waals surface area contributed by atoms with Gasteiger partial charge in [0.2, 0.25) is 11.4 Å². The summed E-state index contributed by atoms with van der Waals surface area (Å²) in [4.78, 5) is 29.8. The van der Waals surface area contributed by atoms with E-state index in [0.29, 0.717) is 19.8 Å². The Hall–Kier alpha value is -2.64. The summed E-state index contributed by atoms with van der Waals surface area (Å²) < 4.78 is 18.1. The predicted molar refractivity (Wildman–Crippen MR) is 161 cm³/mol. The molecule has 5 heterocycles. The molecule has 0 unspecified atom stereocenters. The Morgan fingerprint density at radius 2 is 1.98 bits per heavy atom. The van der Waals surface area contributed by atoms with Crippen LogP contribution in [0.4, 0.5) is 11.5 Å². The van der Waals surface area contributed by atoms with Gasteiger partial charge in [-0.2, -0.15) is 0 Å². The quantitative estimate of drug-likeness (QED) is 0.183. The van der Waals surface area contributed by atoms with E-state index in [9.17, 15) is 4.79 Å². The first-order valence-corrected chi connectivity index (χ1v) is 16.2. The number of hydrogen-bond donors (Lipinski definition) is 1. The number of aromatic nitrogens is 3. The second-order valence-electron chi connectivity index (χ2n) is 10.3. The van der Waals surface area contributed by atoms with Crippen LogP contribution in [-0.4, -0.2) is 66.9 Å². The van der Waals surface area contributed by atoms with E-state index < -0.39 is 0 Å². The number of pyridine rings is 1. The molecule has 9 nitrogen and oxygen atoms in total. The molecule has 2 aliphatic heterocycles. The number of H-pyrrole nitrogens is 1. The Morgan fingerprint density at radius 1 is 1.20 bits per heavy atom. The second kappa shape index (κ2) is 11.3. The van der Waals surface area contributed by atoms with Crippen molar-refractivity contribution < 1.29 is 24.0 Å². The normalized spacial score (nSPS) is 16.8. The molecule has 1 amide bonds. The molecule has 2 N–H and O–H groups in total. The Balaban J connectivity index is 1.39. The van der Waals surface area contributed by atoms with Gasteiger partial charge in [-0.15, -0.1) is 11.3 Å². The van der Waals surface area contributed by atoms with Crippen LogP contribution in [0, 0.1) is 0 Å². The number of benzene rings is 1. The van der Waals surface area contributed by atoms with Crippen molar-refractivity contribution in [1.29, 1.82) is 0 Å². The summed E-state index contributed by atoms with van der Waals surface area (Å²) in [5, 5.41) is 5.81. The number of carbonyl (C=O) groups excluding carboxylic acids is 1. The molecule has 2 aliphatic rings. The van der Waals surface area contributed by atoms with Gasteiger partial charge in [0.05, 0.1) is 43.7 Å². The third-order valence-electron chi connectivity index (χ3n) is 7.08. The van der Waals surface area contributed by atoms with Crippen molar-refractivity contribution in [3.05, 3.63) is 35.4 Å².